The summed E-state index contributed by atoms with van der Waals surface area (Å²) in [6.45, 7) is 7.65. The van der Waals surface area contributed by atoms with Gasteiger partial charge in [0.25, 0.3) is 0 Å². The molecule has 0 bridgehead atoms. The minimum absolute atomic E-state index is 0.0391. The largest absolute Gasteiger partial charge is 0.398 e. The van der Waals surface area contributed by atoms with Gasteiger partial charge in [-0.15, -0.1) is 0 Å². The number of ether oxygens (including phenoxy) is 1. The maximum absolute atomic E-state index is 16.0. The van der Waals surface area contributed by atoms with Crippen molar-refractivity contribution in [3.05, 3.63) is 76.9 Å². The lowest BCUT2D eigenvalue weighted by Crippen LogP contribution is -2.54. The van der Waals surface area contributed by atoms with E-state index in [1.165, 1.54) is 30.5 Å². The zero-order chi connectivity index (χ0) is 32.2. The molecule has 234 valence electrons. The Morgan fingerprint density at radius 3 is 2.56 bits per heavy atom. The molecule has 4 aromatic rings. The molecule has 0 radical (unpaired) electrons. The van der Waals surface area contributed by atoms with Crippen LogP contribution in [0.4, 0.5) is 20.3 Å². The first-order valence-corrected chi connectivity index (χ1v) is 15.6. The maximum Gasteiger partial charge on any atom is 0.355 e. The van der Waals surface area contributed by atoms with Crippen LogP contribution in [0.15, 0.2) is 59.0 Å². The second kappa shape index (κ2) is 11.3. The van der Waals surface area contributed by atoms with E-state index < -0.39 is 43.1 Å². The highest BCUT2D eigenvalue weighted by atomic mass is 32.2. The number of aryl methyl sites for hydroxylation is 1. The van der Waals surface area contributed by atoms with E-state index in [4.69, 9.17) is 10.5 Å². The van der Waals surface area contributed by atoms with E-state index in [2.05, 4.69) is 21.5 Å². The van der Waals surface area contributed by atoms with E-state index in [9.17, 15) is 18.0 Å². The number of nitrogens with zero attached hydrogens (tertiary/aromatic N) is 6. The van der Waals surface area contributed by atoms with Crippen molar-refractivity contribution in [3.8, 4) is 16.9 Å². The molecule has 1 atom stereocenters. The molecule has 6 rings (SSSR count). The lowest BCUT2D eigenvalue weighted by Gasteiger charge is -2.40. The van der Waals surface area contributed by atoms with Crippen LogP contribution in [0.3, 0.4) is 0 Å². The number of amides is 1. The number of carbonyl (C=O) groups is 1. The molecule has 2 saturated heterocycles. The van der Waals surface area contributed by atoms with E-state index in [1.54, 1.807) is 16.7 Å². The molecule has 5 heterocycles. The number of hydrogen-bond donors (Lipinski definition) is 1. The number of anilines is 2. The third-order valence-electron chi connectivity index (χ3n) is 8.10. The molecule has 0 aliphatic carbocycles. The molecule has 3 aromatic heterocycles. The van der Waals surface area contributed by atoms with Gasteiger partial charge in [0.05, 0.1) is 29.9 Å². The first-order valence-electron chi connectivity index (χ1n) is 14.1. The van der Waals surface area contributed by atoms with Gasteiger partial charge >= 0.3 is 5.69 Å². The first-order chi connectivity index (χ1) is 21.4. The quantitative estimate of drug-likeness (QED) is 0.246. The average Bonchev–Trinajstić information content (AvgIpc) is 2.96. The van der Waals surface area contributed by atoms with Gasteiger partial charge in [0.1, 0.15) is 22.6 Å². The van der Waals surface area contributed by atoms with Gasteiger partial charge in [-0.25, -0.2) is 36.5 Å². The number of benzene rings is 1. The number of pyridine rings is 2. The van der Waals surface area contributed by atoms with Crippen LogP contribution in [0, 0.1) is 18.6 Å². The molecule has 2 fully saturated rings. The zero-order valence-corrected chi connectivity index (χ0v) is 25.2. The van der Waals surface area contributed by atoms with Crippen LogP contribution in [-0.2, 0) is 19.4 Å². The first kappa shape index (κ1) is 30.3. The summed E-state index contributed by atoms with van der Waals surface area (Å²) in [6, 6.07) is 6.09. The van der Waals surface area contributed by atoms with E-state index in [-0.39, 0.29) is 78.6 Å². The predicted molar refractivity (Wildman–Crippen MR) is 163 cm³/mol. The smallest absolute Gasteiger partial charge is 0.355 e. The average molecular weight is 638 g/mol. The number of fused-ring (bicyclic) bond motifs is 1. The molecule has 0 spiro atoms. The van der Waals surface area contributed by atoms with E-state index in [1.807, 2.05) is 6.92 Å². The minimum atomic E-state index is -4.09. The Bertz CT molecular complexity index is 2030. The number of halogens is 2. The Morgan fingerprint density at radius 2 is 1.91 bits per heavy atom. The molecule has 1 aromatic carbocycles. The van der Waals surface area contributed by atoms with Crippen molar-refractivity contribution in [1.82, 2.24) is 24.4 Å². The fourth-order valence-electron chi connectivity index (χ4n) is 5.65. The van der Waals surface area contributed by atoms with Crippen molar-refractivity contribution in [2.75, 3.05) is 43.5 Å². The van der Waals surface area contributed by atoms with Crippen molar-refractivity contribution in [2.45, 2.75) is 30.2 Å². The summed E-state index contributed by atoms with van der Waals surface area (Å²) in [4.78, 5) is 42.6. The highest BCUT2D eigenvalue weighted by Gasteiger charge is 2.38. The van der Waals surface area contributed by atoms with E-state index >= 15 is 8.78 Å². The Kier molecular flexibility index (Phi) is 7.61. The molecule has 1 amide bonds. The van der Waals surface area contributed by atoms with Gasteiger partial charge < -0.3 is 20.3 Å². The molecule has 2 aliphatic heterocycles. The molecule has 0 unspecified atom stereocenters. The number of hydrogen-bond acceptors (Lipinski definition) is 10. The van der Waals surface area contributed by atoms with Crippen molar-refractivity contribution in [2.24, 2.45) is 0 Å². The second-order valence-electron chi connectivity index (χ2n) is 11.0. The molecule has 45 heavy (non-hydrogen) atoms. The summed E-state index contributed by atoms with van der Waals surface area (Å²) in [5.41, 5.74) is 4.30. The highest BCUT2D eigenvalue weighted by molar-refractivity contribution is 7.92. The Morgan fingerprint density at radius 1 is 1.16 bits per heavy atom. The Labute approximate surface area is 256 Å². The standard InChI is InChI=1S/C30H29F2N7O5S/c1-4-23(40)37-10-11-38(17(3)13-37)27-19-12-21(32)25(24-20(31)6-5-7-22(24)33)35-28(19)39(30(41)36-27)26-16(2)8-9-34-29(26)45(42,43)18-14-44-15-18/h4-9,12,17-18H,1,10-11,13-15,33H2,2-3H3/t17-/m0/s1. The minimum Gasteiger partial charge on any atom is -0.398 e. The number of aromatic nitrogens is 4. The second-order valence-corrected chi connectivity index (χ2v) is 13.1. The van der Waals surface area contributed by atoms with Gasteiger partial charge in [-0.05, 0) is 49.8 Å². The van der Waals surface area contributed by atoms with Crippen molar-refractivity contribution < 1.29 is 26.7 Å². The fraction of sp³-hybridized carbons (Fsp3) is 0.300. The van der Waals surface area contributed by atoms with Crippen molar-refractivity contribution in [1.29, 1.82) is 0 Å². The third-order valence-corrected chi connectivity index (χ3v) is 10.1. The third kappa shape index (κ3) is 5.01. The summed E-state index contributed by atoms with van der Waals surface area (Å²) in [5, 5.41) is -1.22. The van der Waals surface area contributed by atoms with E-state index in [0.717, 1.165) is 16.7 Å². The molecule has 15 heteroatoms. The van der Waals surface area contributed by atoms with E-state index in [0.29, 0.717) is 5.56 Å². The van der Waals surface area contributed by atoms with Gasteiger partial charge in [0.2, 0.25) is 15.7 Å². The Hall–Kier alpha value is -4.76. The topological polar surface area (TPSA) is 154 Å². The molecular weight excluding hydrogens is 608 g/mol. The van der Waals surface area contributed by atoms with Crippen LogP contribution in [0.25, 0.3) is 28.0 Å². The van der Waals surface area contributed by atoms with Crippen LogP contribution in [-0.4, -0.2) is 82.9 Å². The molecular formula is C30H29F2N7O5S. The van der Waals surface area contributed by atoms with Gasteiger partial charge in [0, 0.05) is 37.6 Å². The number of sulfone groups is 1. The van der Waals surface area contributed by atoms with Crippen LogP contribution in [0.1, 0.15) is 12.5 Å². The number of piperazine rings is 1. The number of rotatable bonds is 6. The summed E-state index contributed by atoms with van der Waals surface area (Å²) >= 11 is 0. The van der Waals surface area contributed by atoms with Crippen LogP contribution in [0.2, 0.25) is 0 Å². The van der Waals surface area contributed by atoms with Gasteiger partial charge in [-0.3, -0.25) is 4.79 Å². The monoisotopic (exact) mass is 637 g/mol. The predicted octanol–water partition coefficient (Wildman–Crippen LogP) is 2.41. The van der Waals surface area contributed by atoms with Crippen LogP contribution >= 0.6 is 0 Å². The van der Waals surface area contributed by atoms with Gasteiger partial charge in [-0.1, -0.05) is 12.6 Å². The van der Waals surface area contributed by atoms with Crippen LogP contribution < -0.4 is 16.3 Å². The lowest BCUT2D eigenvalue weighted by molar-refractivity contribution is -0.126. The summed E-state index contributed by atoms with van der Waals surface area (Å²) in [7, 11) is -4.09. The molecule has 2 aliphatic rings. The number of nitrogen functional groups attached to an aromatic ring is 1. The van der Waals surface area contributed by atoms with Crippen LogP contribution in [0.5, 0.6) is 0 Å². The molecule has 12 nitrogen and oxygen atoms in total. The highest BCUT2D eigenvalue weighted by Crippen LogP contribution is 2.36. The number of carbonyl (C=O) groups excluding carboxylic acids is 1. The SMILES string of the molecule is C=CC(=O)N1CCN(c2nc(=O)n(-c3c(C)ccnc3S(=O)(=O)C3COC3)c3nc(-c4c(N)cccc4F)c(F)cc23)[C@@H](C)C1. The summed E-state index contributed by atoms with van der Waals surface area (Å²) in [6.07, 6.45) is 2.52. The van der Waals surface area contributed by atoms with Gasteiger partial charge in [0.15, 0.2) is 16.5 Å². The zero-order valence-electron chi connectivity index (χ0n) is 24.4. The Balaban J connectivity index is 1.66. The fourth-order valence-corrected chi connectivity index (χ4v) is 7.25. The molecule has 0 saturated carbocycles. The van der Waals surface area contributed by atoms with Crippen molar-refractivity contribution in [3.63, 3.8) is 0 Å². The number of nitrogens with two attached hydrogens (primary N) is 1. The van der Waals surface area contributed by atoms with Gasteiger partial charge in [-0.2, -0.15) is 4.98 Å². The summed E-state index contributed by atoms with van der Waals surface area (Å²) in [5.74, 6) is -1.97. The normalized spacial score (nSPS) is 17.4. The lowest BCUT2D eigenvalue weighted by atomic mass is 10.1. The molecule has 2 N–H and O–H groups in total. The summed E-state index contributed by atoms with van der Waals surface area (Å²) < 4.78 is 64.4. The maximum atomic E-state index is 16.0. The van der Waals surface area contributed by atoms with Crippen molar-refractivity contribution >= 4 is 38.3 Å².